The Bertz CT molecular complexity index is 1310. The van der Waals surface area contributed by atoms with Gasteiger partial charge in [-0.1, -0.05) is 103 Å². The van der Waals surface area contributed by atoms with Crippen LogP contribution in [0.25, 0.3) is 28.1 Å². The number of benzene rings is 4. The second-order valence-corrected chi connectivity index (χ2v) is 7.79. The van der Waals surface area contributed by atoms with Crippen LogP contribution < -0.4 is 4.74 Å². The predicted octanol–water partition coefficient (Wildman–Crippen LogP) is 7.41. The van der Waals surface area contributed by atoms with Crippen molar-refractivity contribution in [1.82, 2.24) is 4.57 Å². The molecule has 32 heavy (non-hydrogen) atoms. The van der Waals surface area contributed by atoms with Crippen LogP contribution in [0, 0.1) is 0 Å². The fourth-order valence-corrected chi connectivity index (χ4v) is 4.29. The van der Waals surface area contributed by atoms with Gasteiger partial charge in [-0.05, 0) is 34.9 Å². The minimum absolute atomic E-state index is 0.815. The minimum atomic E-state index is 0.815. The van der Waals surface area contributed by atoms with Crippen LogP contribution in [0.5, 0.6) is 5.75 Å². The average molecular weight is 416 g/mol. The Morgan fingerprint density at radius 3 is 1.84 bits per heavy atom. The first-order chi connectivity index (χ1) is 15.8. The fraction of sp³-hybridized carbons (Fsp3) is 0.0667. The Kier molecular flexibility index (Phi) is 5.59. The molecule has 0 saturated heterocycles. The Hall–Kier alpha value is -4.04. The van der Waals surface area contributed by atoms with Crippen molar-refractivity contribution in [3.63, 3.8) is 0 Å². The Morgan fingerprint density at radius 1 is 0.625 bits per heavy atom. The van der Waals surface area contributed by atoms with Crippen molar-refractivity contribution in [3.05, 3.63) is 133 Å². The molecule has 0 N–H and O–H groups in total. The van der Waals surface area contributed by atoms with E-state index in [1.807, 2.05) is 12.1 Å². The first kappa shape index (κ1) is 19.9. The molecular formula is C30H25NO. The molecule has 0 aliphatic rings. The summed E-state index contributed by atoms with van der Waals surface area (Å²) in [7, 11) is 1.74. The molecule has 0 unspecified atom stereocenters. The SMILES string of the molecule is COc1ccccc1-n1c(-c2ccccc2)cc(-c2ccccc2)c1Cc1ccccc1. The third-order valence-electron chi connectivity index (χ3n) is 5.80. The van der Waals surface area contributed by atoms with E-state index in [2.05, 4.69) is 114 Å². The van der Waals surface area contributed by atoms with Gasteiger partial charge in [0, 0.05) is 17.7 Å². The smallest absolute Gasteiger partial charge is 0.142 e. The van der Waals surface area contributed by atoms with Gasteiger partial charge in [-0.3, -0.25) is 0 Å². The molecule has 0 aliphatic heterocycles. The summed E-state index contributed by atoms with van der Waals surface area (Å²) in [6.07, 6.45) is 0.815. The molecule has 2 nitrogen and oxygen atoms in total. The van der Waals surface area contributed by atoms with E-state index in [1.165, 1.54) is 27.9 Å². The summed E-state index contributed by atoms with van der Waals surface area (Å²) in [5.74, 6) is 0.856. The highest BCUT2D eigenvalue weighted by Crippen LogP contribution is 2.38. The molecule has 1 aromatic heterocycles. The van der Waals surface area contributed by atoms with Crippen LogP contribution in [-0.4, -0.2) is 11.7 Å². The van der Waals surface area contributed by atoms with Gasteiger partial charge >= 0.3 is 0 Å². The van der Waals surface area contributed by atoms with Crippen molar-refractivity contribution in [2.24, 2.45) is 0 Å². The Labute approximate surface area is 189 Å². The summed E-state index contributed by atoms with van der Waals surface area (Å²) >= 11 is 0. The summed E-state index contributed by atoms with van der Waals surface area (Å²) < 4.78 is 8.15. The predicted molar refractivity (Wildman–Crippen MR) is 132 cm³/mol. The highest BCUT2D eigenvalue weighted by molar-refractivity contribution is 5.78. The van der Waals surface area contributed by atoms with Crippen molar-refractivity contribution >= 4 is 0 Å². The summed E-state index contributed by atoms with van der Waals surface area (Å²) in [5.41, 5.74) is 8.34. The van der Waals surface area contributed by atoms with Crippen LogP contribution in [0.1, 0.15) is 11.3 Å². The topological polar surface area (TPSA) is 14.2 Å². The standard InChI is InChI=1S/C30H25NO/c1-32-30-20-12-11-19-27(30)31-28(25-17-9-4-10-18-25)22-26(24-15-7-3-8-16-24)29(31)21-23-13-5-2-6-14-23/h2-20,22H,21H2,1H3. The second-order valence-electron chi connectivity index (χ2n) is 7.79. The summed E-state index contributed by atoms with van der Waals surface area (Å²) in [5, 5.41) is 0. The molecule has 0 fully saturated rings. The van der Waals surface area contributed by atoms with Gasteiger partial charge in [0.15, 0.2) is 0 Å². The molecule has 1 heterocycles. The van der Waals surface area contributed by atoms with E-state index in [4.69, 9.17) is 4.74 Å². The van der Waals surface area contributed by atoms with Crippen LogP contribution in [0.4, 0.5) is 0 Å². The molecule has 5 rings (SSSR count). The third kappa shape index (κ3) is 3.83. The number of methoxy groups -OCH3 is 1. The number of aromatic nitrogens is 1. The maximum absolute atomic E-state index is 5.79. The summed E-state index contributed by atoms with van der Waals surface area (Å²) in [4.78, 5) is 0. The molecule has 5 aromatic rings. The number of rotatable bonds is 6. The van der Waals surface area contributed by atoms with E-state index in [0.29, 0.717) is 0 Å². The highest BCUT2D eigenvalue weighted by atomic mass is 16.5. The number of hydrogen-bond donors (Lipinski definition) is 0. The van der Waals surface area contributed by atoms with Gasteiger partial charge in [-0.15, -0.1) is 0 Å². The van der Waals surface area contributed by atoms with Gasteiger partial charge in [-0.2, -0.15) is 0 Å². The number of nitrogens with zero attached hydrogens (tertiary/aromatic N) is 1. The van der Waals surface area contributed by atoms with Crippen LogP contribution in [-0.2, 0) is 6.42 Å². The Balaban J connectivity index is 1.83. The number of hydrogen-bond acceptors (Lipinski definition) is 1. The summed E-state index contributed by atoms with van der Waals surface area (Å²) in [6.45, 7) is 0. The van der Waals surface area contributed by atoms with E-state index in [-0.39, 0.29) is 0 Å². The normalized spacial score (nSPS) is 10.8. The zero-order chi connectivity index (χ0) is 21.8. The zero-order valence-corrected chi connectivity index (χ0v) is 18.1. The second kappa shape index (κ2) is 8.99. The van der Waals surface area contributed by atoms with Gasteiger partial charge in [-0.25, -0.2) is 0 Å². The highest BCUT2D eigenvalue weighted by Gasteiger charge is 2.21. The van der Waals surface area contributed by atoms with Crippen LogP contribution >= 0.6 is 0 Å². The van der Waals surface area contributed by atoms with Crippen molar-refractivity contribution in [1.29, 1.82) is 0 Å². The van der Waals surface area contributed by atoms with E-state index >= 15 is 0 Å². The largest absolute Gasteiger partial charge is 0.495 e. The lowest BCUT2D eigenvalue weighted by Gasteiger charge is -2.18. The lowest BCUT2D eigenvalue weighted by molar-refractivity contribution is 0.413. The van der Waals surface area contributed by atoms with Gasteiger partial charge < -0.3 is 9.30 Å². The van der Waals surface area contributed by atoms with E-state index < -0.39 is 0 Å². The first-order valence-electron chi connectivity index (χ1n) is 10.9. The maximum atomic E-state index is 5.79. The van der Waals surface area contributed by atoms with Gasteiger partial charge in [0.1, 0.15) is 5.75 Å². The van der Waals surface area contributed by atoms with Crippen molar-refractivity contribution in [2.75, 3.05) is 7.11 Å². The van der Waals surface area contributed by atoms with E-state index in [1.54, 1.807) is 7.11 Å². The molecule has 0 atom stereocenters. The number of para-hydroxylation sites is 2. The van der Waals surface area contributed by atoms with Crippen LogP contribution in [0.3, 0.4) is 0 Å². The molecule has 0 bridgehead atoms. The fourth-order valence-electron chi connectivity index (χ4n) is 4.29. The van der Waals surface area contributed by atoms with E-state index in [9.17, 15) is 0 Å². The first-order valence-corrected chi connectivity index (χ1v) is 10.9. The quantitative estimate of drug-likeness (QED) is 0.282. The zero-order valence-electron chi connectivity index (χ0n) is 18.1. The van der Waals surface area contributed by atoms with Crippen molar-refractivity contribution in [3.8, 4) is 33.8 Å². The van der Waals surface area contributed by atoms with Crippen molar-refractivity contribution in [2.45, 2.75) is 6.42 Å². The molecule has 0 saturated carbocycles. The lowest BCUT2D eigenvalue weighted by Crippen LogP contribution is -2.06. The molecule has 4 aromatic carbocycles. The molecule has 0 spiro atoms. The lowest BCUT2D eigenvalue weighted by atomic mass is 10.0. The third-order valence-corrected chi connectivity index (χ3v) is 5.80. The van der Waals surface area contributed by atoms with Crippen LogP contribution in [0.15, 0.2) is 121 Å². The Morgan fingerprint density at radius 2 is 1.19 bits per heavy atom. The van der Waals surface area contributed by atoms with Gasteiger partial charge in [0.25, 0.3) is 0 Å². The molecule has 0 amide bonds. The number of ether oxygens (including phenoxy) is 1. The van der Waals surface area contributed by atoms with Gasteiger partial charge in [0.05, 0.1) is 18.5 Å². The summed E-state index contributed by atoms with van der Waals surface area (Å²) in [6, 6.07) is 42.4. The molecule has 2 heteroatoms. The van der Waals surface area contributed by atoms with Crippen molar-refractivity contribution < 1.29 is 4.74 Å². The van der Waals surface area contributed by atoms with Gasteiger partial charge in [0.2, 0.25) is 0 Å². The molecule has 0 aliphatic carbocycles. The van der Waals surface area contributed by atoms with E-state index in [0.717, 1.165) is 23.6 Å². The van der Waals surface area contributed by atoms with Crippen LogP contribution in [0.2, 0.25) is 0 Å². The molecular weight excluding hydrogens is 390 g/mol. The average Bonchev–Trinajstić information content (AvgIpc) is 3.24. The molecule has 156 valence electrons. The maximum Gasteiger partial charge on any atom is 0.142 e. The molecule has 0 radical (unpaired) electrons. The minimum Gasteiger partial charge on any atom is -0.495 e. The monoisotopic (exact) mass is 415 g/mol.